The van der Waals surface area contributed by atoms with Crippen LogP contribution in [0, 0.1) is 11.8 Å². The third-order valence-electron chi connectivity index (χ3n) is 9.73. The predicted octanol–water partition coefficient (Wildman–Crippen LogP) is 6.22. The van der Waals surface area contributed by atoms with Gasteiger partial charge in [-0.1, -0.05) is 38.2 Å². The fourth-order valence-electron chi connectivity index (χ4n) is 7.07. The number of nitrogens with zero attached hydrogens (tertiary/aromatic N) is 3. The molecule has 1 N–H and O–H groups in total. The van der Waals surface area contributed by atoms with Crippen LogP contribution in [0.4, 0.5) is 9.59 Å². The first-order valence-electron chi connectivity index (χ1n) is 19.5. The molecule has 4 heterocycles. The number of carbonyl (C=O) groups is 4. The van der Waals surface area contributed by atoms with Gasteiger partial charge in [0.05, 0.1) is 6.04 Å². The van der Waals surface area contributed by atoms with Crippen molar-refractivity contribution in [1.82, 2.24) is 20.0 Å². The Bertz CT molecular complexity index is 1380. The monoisotopic (exact) mass is 802 g/mol. The zero-order valence-corrected chi connectivity index (χ0v) is 35.2. The summed E-state index contributed by atoms with van der Waals surface area (Å²) in [5.41, 5.74) is -1.14. The van der Waals surface area contributed by atoms with E-state index in [0.717, 1.165) is 38.1 Å². The second-order valence-electron chi connectivity index (χ2n) is 15.8. The van der Waals surface area contributed by atoms with Crippen molar-refractivity contribution in [3.8, 4) is 0 Å². The molecule has 0 spiro atoms. The van der Waals surface area contributed by atoms with E-state index in [-0.39, 0.29) is 42.1 Å². The lowest BCUT2D eigenvalue weighted by Crippen LogP contribution is -2.53. The van der Waals surface area contributed by atoms with Crippen LogP contribution in [0.2, 0.25) is 0 Å². The molecule has 4 rings (SSSR count). The zero-order valence-electron chi connectivity index (χ0n) is 35.2. The molecule has 0 saturated carbocycles. The minimum atomic E-state index is -0.597. The van der Waals surface area contributed by atoms with Crippen molar-refractivity contribution < 1.29 is 52.6 Å². The van der Waals surface area contributed by atoms with Crippen LogP contribution in [-0.2, 0) is 43.0 Å². The normalized spacial score (nSPS) is 26.0. The molecule has 0 radical (unpaired) electrons. The van der Waals surface area contributed by atoms with Crippen LogP contribution in [0.15, 0.2) is 50.6 Å². The molecule has 4 fully saturated rings. The summed E-state index contributed by atoms with van der Waals surface area (Å²) >= 11 is 0. The van der Waals surface area contributed by atoms with Crippen molar-refractivity contribution in [2.75, 3.05) is 13.1 Å². The van der Waals surface area contributed by atoms with Crippen molar-refractivity contribution in [2.24, 2.45) is 11.8 Å². The summed E-state index contributed by atoms with van der Waals surface area (Å²) in [4.78, 5) is 85.8. The highest BCUT2D eigenvalue weighted by Crippen LogP contribution is 2.34. The topological polar surface area (TPSA) is 186 Å². The number of nitrogens with one attached hydrogen (secondary N) is 1. The largest absolute Gasteiger partial charge is 0.444 e. The van der Waals surface area contributed by atoms with Gasteiger partial charge < -0.3 is 24.4 Å². The van der Waals surface area contributed by atoms with Crippen LogP contribution in [-0.4, -0.2) is 112 Å². The lowest BCUT2D eigenvalue weighted by molar-refractivity contribution is -0.193. The van der Waals surface area contributed by atoms with Gasteiger partial charge in [0.25, 0.3) is 6.47 Å². The van der Waals surface area contributed by atoms with Gasteiger partial charge in [-0.15, -0.1) is 26.3 Å². The van der Waals surface area contributed by atoms with E-state index in [0.29, 0.717) is 25.6 Å². The Labute approximate surface area is 338 Å². The molecule has 8 atom stereocenters. The smallest absolute Gasteiger partial charge is 0.413 e. The summed E-state index contributed by atoms with van der Waals surface area (Å²) in [6.07, 6.45) is 14.5. The summed E-state index contributed by atoms with van der Waals surface area (Å²) in [6, 6.07) is 1.08. The number of hydrogen-bond acceptors (Lipinski definition) is 12. The number of likely N-dealkylation sites (tertiary alicyclic amines) is 3. The van der Waals surface area contributed by atoms with E-state index in [9.17, 15) is 19.2 Å². The minimum absolute atomic E-state index is 0.00232. The molecule has 0 aromatic heterocycles. The summed E-state index contributed by atoms with van der Waals surface area (Å²) in [5.74, 6) is -0.0705. The molecule has 0 bridgehead atoms. The van der Waals surface area contributed by atoms with Gasteiger partial charge in [0.1, 0.15) is 17.2 Å². The van der Waals surface area contributed by atoms with Crippen molar-refractivity contribution in [3.63, 3.8) is 0 Å². The fourth-order valence-corrected chi connectivity index (χ4v) is 7.07. The molecular weight excluding hydrogens is 736 g/mol. The summed E-state index contributed by atoms with van der Waals surface area (Å²) < 4.78 is 15.7. The molecule has 15 heteroatoms. The Morgan fingerprint density at radius 1 is 0.702 bits per heavy atom. The molecule has 0 aromatic rings. The van der Waals surface area contributed by atoms with Gasteiger partial charge in [-0.3, -0.25) is 19.4 Å². The Hall–Kier alpha value is -4.84. The summed E-state index contributed by atoms with van der Waals surface area (Å²) in [6.45, 7) is 31.8. The van der Waals surface area contributed by atoms with Crippen LogP contribution in [0.1, 0.15) is 107 Å². The molecule has 4 aliphatic heterocycles. The van der Waals surface area contributed by atoms with Crippen molar-refractivity contribution >= 4 is 36.9 Å². The Kier molecular flexibility index (Phi) is 23.9. The second-order valence-corrected chi connectivity index (χ2v) is 15.8. The van der Waals surface area contributed by atoms with E-state index in [1.165, 1.54) is 24.2 Å². The Morgan fingerprint density at radius 2 is 1.21 bits per heavy atom. The third-order valence-corrected chi connectivity index (χ3v) is 9.73. The van der Waals surface area contributed by atoms with Gasteiger partial charge in [0.2, 0.25) is 5.91 Å². The van der Waals surface area contributed by atoms with Crippen molar-refractivity contribution in [1.29, 1.82) is 0 Å². The van der Waals surface area contributed by atoms with Gasteiger partial charge in [-0.05, 0) is 92.9 Å². The molecule has 4 aliphatic rings. The zero-order chi connectivity index (χ0) is 43.9. The molecule has 57 heavy (non-hydrogen) atoms. The quantitative estimate of drug-likeness (QED) is 0.158. The van der Waals surface area contributed by atoms with E-state index < -0.39 is 35.7 Å². The highest BCUT2D eigenvalue weighted by Gasteiger charge is 2.47. The molecule has 0 aliphatic carbocycles. The van der Waals surface area contributed by atoms with E-state index in [1.54, 1.807) is 37.8 Å². The van der Waals surface area contributed by atoms with Crippen LogP contribution in [0.5, 0.6) is 0 Å². The van der Waals surface area contributed by atoms with Gasteiger partial charge in [0.15, 0.2) is 6.23 Å². The maximum absolute atomic E-state index is 13.4. The number of carbonyl (C=O) groups excluding carboxylic acids is 8. The van der Waals surface area contributed by atoms with Crippen molar-refractivity contribution in [2.45, 2.75) is 154 Å². The highest BCUT2D eigenvalue weighted by atomic mass is 16.6. The van der Waals surface area contributed by atoms with E-state index >= 15 is 0 Å². The lowest BCUT2D eigenvalue weighted by atomic mass is 9.98. The Balaban J connectivity index is 0.000000839. The van der Waals surface area contributed by atoms with Crippen LogP contribution in [0.3, 0.4) is 0 Å². The van der Waals surface area contributed by atoms with Gasteiger partial charge in [0, 0.05) is 43.1 Å². The number of amides is 3. The fraction of sp³-hybridized carbons (Fsp3) is 0.667. The number of hydrogen-bond donors (Lipinski definition) is 1. The molecule has 3 unspecified atom stereocenters. The summed E-state index contributed by atoms with van der Waals surface area (Å²) in [7, 11) is 0. The Morgan fingerprint density at radius 3 is 1.61 bits per heavy atom. The van der Waals surface area contributed by atoms with E-state index in [4.69, 9.17) is 33.4 Å². The van der Waals surface area contributed by atoms with Crippen molar-refractivity contribution in [3.05, 3.63) is 50.6 Å². The second kappa shape index (κ2) is 26.1. The maximum Gasteiger partial charge on any atom is 0.413 e. The van der Waals surface area contributed by atoms with Crippen LogP contribution >= 0.6 is 0 Å². The number of ether oxygens (including phenoxy) is 3. The molecule has 15 nitrogen and oxygen atoms in total. The van der Waals surface area contributed by atoms with Gasteiger partial charge in [-0.2, -0.15) is 19.2 Å². The molecule has 3 amide bonds. The standard InChI is InChI=1S/C20H32N2O3.C12H19NO4.C8H15N.2CO2/c1-7-14-12-13-21(19(24)25-20(4,5)6)17(14)18(23)22-15(8-2)10-11-16(22)9-3;1-5-9-6-7-13(10(9)16-8-14)11(15)17-12(2,3)4;1-3-7-5-6-8(4-2)9-7;2*2-1-3/h7-8,14-17H,1-2,9-13H2,3-6H3;5,8-10H,1,6-7H2,2-4H3;3,7-9H,1,4-6H2,2H3;;/t14-,15?,16+,17?;9-,10+;7?,8-;;/m001../s1. The lowest BCUT2D eigenvalue weighted by Gasteiger charge is -2.36. The maximum atomic E-state index is 13.4. The third kappa shape index (κ3) is 17.5. The first-order valence-corrected chi connectivity index (χ1v) is 19.5. The predicted molar refractivity (Wildman–Crippen MR) is 212 cm³/mol. The van der Waals surface area contributed by atoms with Crippen LogP contribution in [0.25, 0.3) is 0 Å². The highest BCUT2D eigenvalue weighted by molar-refractivity contribution is 5.88. The molecular formula is C42H66N4O11. The molecule has 4 saturated heterocycles. The number of rotatable bonds is 9. The van der Waals surface area contributed by atoms with E-state index in [1.807, 2.05) is 37.8 Å². The minimum Gasteiger partial charge on any atom is -0.444 e. The first kappa shape index (κ1) is 52.2. The van der Waals surface area contributed by atoms with E-state index in [2.05, 4.69) is 45.5 Å². The average molecular weight is 803 g/mol. The van der Waals surface area contributed by atoms with Gasteiger partial charge >= 0.3 is 24.5 Å². The first-order chi connectivity index (χ1) is 26.8. The van der Waals surface area contributed by atoms with Crippen LogP contribution < -0.4 is 5.32 Å². The molecule has 0 aromatic carbocycles. The SMILES string of the molecule is C=CC1CC[C@@H](CC)N1.C=CC1CC[C@@H](CC)N1C(=O)C1[C@@H](C=C)CCN1C(=O)OC(C)(C)C.C=C[C@H]1CCN(C(=O)OC(C)(C)C)[C@@H]1OC=O.O=C=O.O=C=O. The summed E-state index contributed by atoms with van der Waals surface area (Å²) in [5, 5.41) is 3.47. The molecule has 320 valence electrons. The average Bonchev–Trinajstić information content (AvgIpc) is 3.96. The van der Waals surface area contributed by atoms with Gasteiger partial charge in [-0.25, -0.2) is 9.59 Å².